The van der Waals surface area contributed by atoms with Crippen molar-refractivity contribution in [2.45, 2.75) is 25.9 Å². The zero-order chi connectivity index (χ0) is 13.4. The first-order valence-electron chi connectivity index (χ1n) is 6.30. The van der Waals surface area contributed by atoms with Crippen LogP contribution in [0.1, 0.15) is 28.5 Å². The third-order valence-corrected chi connectivity index (χ3v) is 3.59. The van der Waals surface area contributed by atoms with Crippen LogP contribution in [0.15, 0.2) is 35.1 Å². The van der Waals surface area contributed by atoms with Crippen molar-refractivity contribution in [3.05, 3.63) is 57.5 Å². The molecule has 5 heteroatoms. The Morgan fingerprint density at radius 3 is 2.68 bits per heavy atom. The molecule has 0 radical (unpaired) electrons. The summed E-state index contributed by atoms with van der Waals surface area (Å²) in [4.78, 5) is 25.3. The number of hydrogen-bond donors (Lipinski definition) is 2. The normalized spacial score (nSPS) is 18.2. The summed E-state index contributed by atoms with van der Waals surface area (Å²) in [7, 11) is 0. The first-order chi connectivity index (χ1) is 9.15. The van der Waals surface area contributed by atoms with Crippen LogP contribution in [0, 0.1) is 0 Å². The van der Waals surface area contributed by atoms with E-state index in [1.165, 1.54) is 17.2 Å². The maximum absolute atomic E-state index is 12.4. The number of aromatic nitrogens is 2. The third-order valence-electron chi connectivity index (χ3n) is 3.59. The largest absolute Gasteiger partial charge is 0.330 e. The fraction of sp³-hybridized carbons (Fsp3) is 0.286. The van der Waals surface area contributed by atoms with Crippen LogP contribution in [-0.2, 0) is 13.0 Å². The van der Waals surface area contributed by atoms with Gasteiger partial charge in [0.2, 0.25) is 0 Å². The Morgan fingerprint density at radius 1 is 1.26 bits per heavy atom. The molecule has 2 aromatic rings. The number of carbonyl (C=O) groups is 1. The monoisotopic (exact) mass is 257 g/mol. The molecule has 1 aromatic heterocycles. The lowest BCUT2D eigenvalue weighted by Crippen LogP contribution is -2.42. The first kappa shape index (κ1) is 11.8. The fourth-order valence-electron chi connectivity index (χ4n) is 2.55. The molecule has 0 bridgehead atoms. The lowest BCUT2D eigenvalue weighted by Gasteiger charge is -2.34. The van der Waals surface area contributed by atoms with Gasteiger partial charge in [-0.1, -0.05) is 24.3 Å². The van der Waals surface area contributed by atoms with Gasteiger partial charge in [-0.3, -0.25) is 19.8 Å². The van der Waals surface area contributed by atoms with Crippen LogP contribution in [0.25, 0.3) is 0 Å². The summed E-state index contributed by atoms with van der Waals surface area (Å²) >= 11 is 0. The number of fused-ring (bicyclic) bond motifs is 1. The summed E-state index contributed by atoms with van der Waals surface area (Å²) in [5.74, 6) is -0.139. The fourth-order valence-corrected chi connectivity index (χ4v) is 2.55. The van der Waals surface area contributed by atoms with E-state index >= 15 is 0 Å². The minimum atomic E-state index is -0.284. The van der Waals surface area contributed by atoms with Crippen LogP contribution < -0.4 is 5.56 Å². The van der Waals surface area contributed by atoms with Crippen LogP contribution in [0.5, 0.6) is 0 Å². The highest BCUT2D eigenvalue weighted by molar-refractivity contribution is 5.92. The third kappa shape index (κ3) is 2.07. The van der Waals surface area contributed by atoms with Crippen molar-refractivity contribution in [2.75, 3.05) is 0 Å². The molecule has 1 aliphatic rings. The molecule has 1 amide bonds. The molecule has 1 aliphatic heterocycles. The first-order valence-corrected chi connectivity index (χ1v) is 6.30. The van der Waals surface area contributed by atoms with E-state index in [4.69, 9.17) is 0 Å². The summed E-state index contributed by atoms with van der Waals surface area (Å²) in [5, 5.41) is 5.01. The molecule has 1 atom stereocenters. The average Bonchev–Trinajstić information content (AvgIpc) is 2.84. The molecule has 1 aromatic carbocycles. The van der Waals surface area contributed by atoms with Gasteiger partial charge >= 0.3 is 0 Å². The summed E-state index contributed by atoms with van der Waals surface area (Å²) in [6.45, 7) is 2.61. The van der Waals surface area contributed by atoms with Gasteiger partial charge in [0.1, 0.15) is 5.69 Å². The van der Waals surface area contributed by atoms with Crippen molar-refractivity contribution in [2.24, 2.45) is 0 Å². The van der Waals surface area contributed by atoms with Crippen molar-refractivity contribution in [1.29, 1.82) is 0 Å². The maximum atomic E-state index is 12.4. The van der Waals surface area contributed by atoms with E-state index in [1.807, 2.05) is 25.1 Å². The van der Waals surface area contributed by atoms with E-state index in [0.717, 1.165) is 6.42 Å². The highest BCUT2D eigenvalue weighted by atomic mass is 16.2. The van der Waals surface area contributed by atoms with E-state index < -0.39 is 0 Å². The van der Waals surface area contributed by atoms with Gasteiger partial charge < -0.3 is 4.90 Å². The molecule has 19 heavy (non-hydrogen) atoms. The molecule has 0 fully saturated rings. The summed E-state index contributed by atoms with van der Waals surface area (Å²) in [6.07, 6.45) is 0.844. The summed E-state index contributed by atoms with van der Waals surface area (Å²) in [5.41, 5.74) is 2.50. The number of benzene rings is 1. The number of aromatic amines is 2. The Balaban J connectivity index is 1.90. The Hall–Kier alpha value is -2.30. The minimum absolute atomic E-state index is 0.126. The van der Waals surface area contributed by atoms with Gasteiger partial charge in [0, 0.05) is 18.7 Å². The highest BCUT2D eigenvalue weighted by Crippen LogP contribution is 2.23. The van der Waals surface area contributed by atoms with Crippen LogP contribution in [-0.4, -0.2) is 27.0 Å². The standard InChI is InChI=1S/C14H15N3O2/c1-9-6-10-4-2-3-5-11(10)8-17(9)14(19)12-7-13(18)16-15-12/h2-5,7,9H,6,8H2,1H3,(H2,15,16,18). The molecule has 0 spiro atoms. The summed E-state index contributed by atoms with van der Waals surface area (Å²) < 4.78 is 0. The Bertz CT molecular complexity index is 671. The van der Waals surface area contributed by atoms with Gasteiger partial charge in [-0.2, -0.15) is 0 Å². The lowest BCUT2D eigenvalue weighted by molar-refractivity contribution is 0.0652. The summed E-state index contributed by atoms with van der Waals surface area (Å²) in [6, 6.07) is 9.58. The molecular weight excluding hydrogens is 242 g/mol. The topological polar surface area (TPSA) is 69.0 Å². The van der Waals surface area contributed by atoms with Crippen molar-refractivity contribution < 1.29 is 4.79 Å². The van der Waals surface area contributed by atoms with Crippen molar-refractivity contribution in [1.82, 2.24) is 15.1 Å². The predicted octanol–water partition coefficient (Wildman–Crippen LogP) is 1.29. The average molecular weight is 257 g/mol. The number of amides is 1. The van der Waals surface area contributed by atoms with Crippen LogP contribution in [0.2, 0.25) is 0 Å². The van der Waals surface area contributed by atoms with Crippen molar-refractivity contribution in [3.8, 4) is 0 Å². The Labute approximate surface area is 110 Å². The van der Waals surface area contributed by atoms with Gasteiger partial charge in [0.05, 0.1) is 0 Å². The highest BCUT2D eigenvalue weighted by Gasteiger charge is 2.28. The zero-order valence-corrected chi connectivity index (χ0v) is 10.6. The van der Waals surface area contributed by atoms with Crippen LogP contribution in [0.4, 0.5) is 0 Å². The van der Waals surface area contributed by atoms with Crippen molar-refractivity contribution >= 4 is 5.91 Å². The van der Waals surface area contributed by atoms with Crippen LogP contribution in [0.3, 0.4) is 0 Å². The second-order valence-corrected chi connectivity index (χ2v) is 4.93. The minimum Gasteiger partial charge on any atom is -0.330 e. The molecule has 3 rings (SSSR count). The molecule has 0 aliphatic carbocycles. The number of H-pyrrole nitrogens is 2. The predicted molar refractivity (Wildman–Crippen MR) is 70.9 cm³/mol. The van der Waals surface area contributed by atoms with Gasteiger partial charge in [0.25, 0.3) is 11.5 Å². The Morgan fingerprint density at radius 2 is 2.00 bits per heavy atom. The number of nitrogens with zero attached hydrogens (tertiary/aromatic N) is 1. The van der Waals surface area contributed by atoms with Gasteiger partial charge in [-0.15, -0.1) is 0 Å². The van der Waals surface area contributed by atoms with Crippen molar-refractivity contribution in [3.63, 3.8) is 0 Å². The number of nitrogens with one attached hydrogen (secondary N) is 2. The Kier molecular flexibility index (Phi) is 2.74. The smallest absolute Gasteiger partial charge is 0.272 e. The van der Waals surface area contributed by atoms with E-state index in [2.05, 4.69) is 16.3 Å². The van der Waals surface area contributed by atoms with Gasteiger partial charge in [-0.05, 0) is 24.5 Å². The van der Waals surface area contributed by atoms with E-state index in [9.17, 15) is 9.59 Å². The lowest BCUT2D eigenvalue weighted by atomic mass is 9.94. The van der Waals surface area contributed by atoms with E-state index in [-0.39, 0.29) is 17.5 Å². The van der Waals surface area contributed by atoms with Gasteiger partial charge in [-0.25, -0.2) is 0 Å². The SMILES string of the molecule is CC1Cc2ccccc2CN1C(=O)c1cc(=O)[nH][nH]1. The second-order valence-electron chi connectivity index (χ2n) is 4.93. The molecule has 5 nitrogen and oxygen atoms in total. The molecule has 0 saturated heterocycles. The molecule has 1 unspecified atom stereocenters. The molecular formula is C14H15N3O2. The van der Waals surface area contributed by atoms with E-state index in [1.54, 1.807) is 4.90 Å². The quantitative estimate of drug-likeness (QED) is 0.808. The molecule has 98 valence electrons. The second kappa shape index (κ2) is 4.42. The van der Waals surface area contributed by atoms with E-state index in [0.29, 0.717) is 12.2 Å². The molecule has 0 saturated carbocycles. The number of hydrogen-bond acceptors (Lipinski definition) is 2. The van der Waals surface area contributed by atoms with Crippen LogP contribution >= 0.6 is 0 Å². The number of rotatable bonds is 1. The maximum Gasteiger partial charge on any atom is 0.272 e. The molecule has 2 heterocycles. The zero-order valence-electron chi connectivity index (χ0n) is 10.6. The molecule has 2 N–H and O–H groups in total. The number of carbonyl (C=O) groups excluding carboxylic acids is 1. The van der Waals surface area contributed by atoms with Gasteiger partial charge in [0.15, 0.2) is 0 Å².